The summed E-state index contributed by atoms with van der Waals surface area (Å²) in [7, 11) is -0.400. The number of unbranched alkanes of at least 4 members (excludes halogenated alkanes) is 3. The maximum Gasteiger partial charge on any atom is 0.143 e. The van der Waals surface area contributed by atoms with Crippen LogP contribution in [0, 0.1) is 6.55 Å². The molecule has 1 radical (unpaired) electrons. The van der Waals surface area contributed by atoms with E-state index in [1.165, 1.54) is 77.0 Å². The molecule has 1 aliphatic rings. The molecule has 0 aromatic rings. The summed E-state index contributed by atoms with van der Waals surface area (Å²) in [6, 6.07) is 1.40. The second kappa shape index (κ2) is 14.4. The zero-order valence-corrected chi connectivity index (χ0v) is 16.9. The Bertz CT molecular complexity index is 258. The first-order valence-corrected chi connectivity index (χ1v) is 11.7. The van der Waals surface area contributed by atoms with E-state index in [2.05, 4.69) is 18.0 Å². The van der Waals surface area contributed by atoms with Gasteiger partial charge in [-0.2, -0.15) is 0 Å². The van der Waals surface area contributed by atoms with Gasteiger partial charge in [0, 0.05) is 12.1 Å². The Morgan fingerprint density at radius 2 is 1.78 bits per heavy atom. The second-order valence-electron chi connectivity index (χ2n) is 7.07. The van der Waals surface area contributed by atoms with E-state index < -0.39 is 9.68 Å². The van der Waals surface area contributed by atoms with Crippen molar-refractivity contribution in [2.75, 3.05) is 13.4 Å². The van der Waals surface area contributed by atoms with Gasteiger partial charge in [-0.1, -0.05) is 71.3 Å². The maximum atomic E-state index is 8.90. The predicted molar refractivity (Wildman–Crippen MR) is 102 cm³/mol. The molecule has 1 unspecified atom stereocenters. The largest absolute Gasteiger partial charge is 0.371 e. The molecule has 0 amide bonds. The number of rotatable bonds is 12. The van der Waals surface area contributed by atoms with Crippen LogP contribution in [0.1, 0.15) is 90.4 Å². The van der Waals surface area contributed by atoms with Crippen LogP contribution in [0.2, 0.25) is 0 Å². The summed E-state index contributed by atoms with van der Waals surface area (Å²) in [4.78, 5) is 0. The first-order chi connectivity index (χ1) is 11.3. The highest BCUT2D eigenvalue weighted by molar-refractivity contribution is 6.34. The molecule has 1 rings (SSSR count). The monoisotopic (exact) mass is 342 g/mol. The predicted octanol–water partition coefficient (Wildman–Crippen LogP) is 3.97. The Hall–Kier alpha value is 0.0969. The standard InChI is InChI=1S/C19H40NO2Si/c1-3-4-5-9-14-19(15-16-22-17-21)20(23-2)18-12-10-7-6-8-11-13-18/h18-19,21H,2-17,23H2,1H3. The Labute approximate surface area is 147 Å². The maximum absolute atomic E-state index is 8.90. The van der Waals surface area contributed by atoms with Crippen molar-refractivity contribution in [2.45, 2.75) is 102 Å². The van der Waals surface area contributed by atoms with E-state index >= 15 is 0 Å². The lowest BCUT2D eigenvalue weighted by Gasteiger charge is -2.39. The third-order valence-corrected chi connectivity index (χ3v) is 6.90. The van der Waals surface area contributed by atoms with Crippen molar-refractivity contribution in [1.82, 2.24) is 4.57 Å². The van der Waals surface area contributed by atoms with Crippen molar-refractivity contribution in [3.05, 3.63) is 6.55 Å². The zero-order valence-electron chi connectivity index (χ0n) is 15.5. The highest BCUT2D eigenvalue weighted by Crippen LogP contribution is 2.25. The third-order valence-electron chi connectivity index (χ3n) is 5.35. The molecule has 0 aromatic carbocycles. The number of hydrogen-bond donors (Lipinski definition) is 1. The Morgan fingerprint density at radius 3 is 2.39 bits per heavy atom. The van der Waals surface area contributed by atoms with Gasteiger partial charge in [-0.25, -0.2) is 0 Å². The summed E-state index contributed by atoms with van der Waals surface area (Å²) in [6.07, 6.45) is 17.5. The number of nitrogens with zero attached hydrogens (tertiary/aromatic N) is 1. The molecule has 1 N–H and O–H groups in total. The molecule has 0 aromatic heterocycles. The fourth-order valence-corrected chi connectivity index (χ4v) is 5.46. The van der Waals surface area contributed by atoms with E-state index in [-0.39, 0.29) is 6.79 Å². The van der Waals surface area contributed by atoms with Crippen molar-refractivity contribution in [3.8, 4) is 0 Å². The average molecular weight is 343 g/mol. The van der Waals surface area contributed by atoms with E-state index in [1.807, 2.05) is 0 Å². The van der Waals surface area contributed by atoms with Crippen LogP contribution in [0.3, 0.4) is 0 Å². The molecular formula is C19H40NO2Si. The summed E-state index contributed by atoms with van der Waals surface area (Å²) in [5.41, 5.74) is 0. The van der Waals surface area contributed by atoms with Gasteiger partial charge < -0.3 is 14.4 Å². The lowest BCUT2D eigenvalue weighted by Crippen LogP contribution is -2.46. The molecule has 1 fully saturated rings. The highest BCUT2D eigenvalue weighted by Gasteiger charge is 2.24. The minimum Gasteiger partial charge on any atom is -0.371 e. The van der Waals surface area contributed by atoms with Crippen LogP contribution in [0.25, 0.3) is 0 Å². The van der Waals surface area contributed by atoms with Gasteiger partial charge in [0.15, 0.2) is 0 Å². The van der Waals surface area contributed by atoms with Gasteiger partial charge in [-0.15, -0.1) is 0 Å². The molecule has 1 atom stereocenters. The van der Waals surface area contributed by atoms with Crippen LogP contribution in [-0.4, -0.2) is 44.8 Å². The van der Waals surface area contributed by atoms with Gasteiger partial charge >= 0.3 is 0 Å². The molecule has 137 valence electrons. The molecule has 1 saturated carbocycles. The van der Waals surface area contributed by atoms with Crippen LogP contribution in [0.15, 0.2) is 0 Å². The first-order valence-electron chi connectivity index (χ1n) is 10.1. The molecule has 0 saturated heterocycles. The molecule has 1 aliphatic carbocycles. The quantitative estimate of drug-likeness (QED) is 0.331. The Kier molecular flexibility index (Phi) is 13.3. The summed E-state index contributed by atoms with van der Waals surface area (Å²) >= 11 is 0. The molecule has 4 heteroatoms. The van der Waals surface area contributed by atoms with Crippen LogP contribution in [0.5, 0.6) is 0 Å². The highest BCUT2D eigenvalue weighted by atomic mass is 28.2. The zero-order chi connectivity index (χ0) is 16.8. The number of hydrogen-bond acceptors (Lipinski definition) is 3. The van der Waals surface area contributed by atoms with Gasteiger partial charge in [0.05, 0.1) is 16.3 Å². The van der Waals surface area contributed by atoms with Gasteiger partial charge in [-0.3, -0.25) is 0 Å². The lowest BCUT2D eigenvalue weighted by molar-refractivity contribution is -0.00914. The molecule has 0 aliphatic heterocycles. The molecule has 3 nitrogen and oxygen atoms in total. The van der Waals surface area contributed by atoms with Crippen molar-refractivity contribution in [1.29, 1.82) is 0 Å². The minimum atomic E-state index is -0.400. The molecule has 0 spiro atoms. The van der Waals surface area contributed by atoms with Crippen LogP contribution in [-0.2, 0) is 4.74 Å². The average Bonchev–Trinajstić information content (AvgIpc) is 2.53. The smallest absolute Gasteiger partial charge is 0.143 e. The van der Waals surface area contributed by atoms with Crippen LogP contribution >= 0.6 is 0 Å². The van der Waals surface area contributed by atoms with Gasteiger partial charge in [0.2, 0.25) is 0 Å². The van der Waals surface area contributed by atoms with Crippen molar-refractivity contribution in [3.63, 3.8) is 0 Å². The molecule has 0 bridgehead atoms. The van der Waals surface area contributed by atoms with Gasteiger partial charge in [0.1, 0.15) is 6.79 Å². The van der Waals surface area contributed by atoms with Gasteiger partial charge in [0.25, 0.3) is 0 Å². The first kappa shape index (κ1) is 21.1. The summed E-state index contributed by atoms with van der Waals surface area (Å²) < 4.78 is 8.05. The number of aliphatic hydroxyl groups excluding tert-OH is 1. The Morgan fingerprint density at radius 1 is 1.09 bits per heavy atom. The third kappa shape index (κ3) is 9.23. The molecule has 0 heterocycles. The van der Waals surface area contributed by atoms with Crippen molar-refractivity contribution in [2.24, 2.45) is 0 Å². The van der Waals surface area contributed by atoms with Crippen LogP contribution in [0.4, 0.5) is 0 Å². The van der Waals surface area contributed by atoms with E-state index in [9.17, 15) is 0 Å². The lowest BCUT2D eigenvalue weighted by atomic mass is 9.95. The van der Waals surface area contributed by atoms with Gasteiger partial charge in [-0.05, 0) is 25.7 Å². The summed E-state index contributed by atoms with van der Waals surface area (Å²) in [5, 5.41) is 8.90. The summed E-state index contributed by atoms with van der Waals surface area (Å²) in [6.45, 7) is 7.20. The van der Waals surface area contributed by atoms with E-state index in [4.69, 9.17) is 9.84 Å². The minimum absolute atomic E-state index is 0.145. The Balaban J connectivity index is 2.56. The topological polar surface area (TPSA) is 32.7 Å². The number of ether oxygens (including phenoxy) is 1. The molecule has 23 heavy (non-hydrogen) atoms. The summed E-state index contributed by atoms with van der Waals surface area (Å²) in [5.74, 6) is 0. The van der Waals surface area contributed by atoms with Crippen molar-refractivity contribution < 1.29 is 9.84 Å². The fraction of sp³-hybridized carbons (Fsp3) is 0.947. The van der Waals surface area contributed by atoms with Crippen molar-refractivity contribution >= 4 is 9.68 Å². The molecular weight excluding hydrogens is 302 g/mol. The normalized spacial score (nSPS) is 19.3. The van der Waals surface area contributed by atoms with E-state index in [0.29, 0.717) is 12.6 Å². The number of aliphatic hydroxyl groups is 1. The SMILES string of the molecule is [CH2][SiH2]N(C1CCCCCCC1)C(CCCCCC)CCOCO. The van der Waals surface area contributed by atoms with Crippen LogP contribution < -0.4 is 0 Å². The van der Waals surface area contributed by atoms with E-state index in [0.717, 1.165) is 12.5 Å². The second-order valence-corrected chi connectivity index (χ2v) is 8.24. The van der Waals surface area contributed by atoms with E-state index in [1.54, 1.807) is 0 Å². The fourth-order valence-electron chi connectivity index (χ4n) is 4.00.